The largest absolute Gasteiger partial charge is 0.326 e. The van der Waals surface area contributed by atoms with Gasteiger partial charge in [0.15, 0.2) is 0 Å². The van der Waals surface area contributed by atoms with Gasteiger partial charge in [-0.3, -0.25) is 4.79 Å². The molecule has 8 heteroatoms. The summed E-state index contributed by atoms with van der Waals surface area (Å²) < 4.78 is 26.8. The van der Waals surface area contributed by atoms with Crippen LogP contribution in [0.1, 0.15) is 24.0 Å². The molecule has 2 aromatic carbocycles. The van der Waals surface area contributed by atoms with E-state index in [1.54, 1.807) is 36.4 Å². The van der Waals surface area contributed by atoms with Crippen molar-refractivity contribution in [3.63, 3.8) is 0 Å². The van der Waals surface area contributed by atoms with E-state index in [2.05, 4.69) is 5.32 Å². The third kappa shape index (κ3) is 5.06. The van der Waals surface area contributed by atoms with Crippen LogP contribution in [-0.2, 0) is 20.6 Å². The first-order chi connectivity index (χ1) is 13.3. The van der Waals surface area contributed by atoms with Crippen molar-refractivity contribution in [1.29, 1.82) is 0 Å². The van der Waals surface area contributed by atoms with E-state index in [0.29, 0.717) is 47.2 Å². The molecule has 0 aliphatic carbocycles. The van der Waals surface area contributed by atoms with Gasteiger partial charge in [0.2, 0.25) is 15.9 Å². The third-order valence-electron chi connectivity index (χ3n) is 4.98. The van der Waals surface area contributed by atoms with Gasteiger partial charge >= 0.3 is 0 Å². The Kier molecular flexibility index (Phi) is 6.65. The Morgan fingerprint density at radius 3 is 2.50 bits per heavy atom. The van der Waals surface area contributed by atoms with Crippen molar-refractivity contribution in [2.45, 2.75) is 25.5 Å². The van der Waals surface area contributed by atoms with Crippen molar-refractivity contribution in [1.82, 2.24) is 4.31 Å². The topological polar surface area (TPSA) is 66.5 Å². The van der Waals surface area contributed by atoms with Crippen LogP contribution in [0.2, 0.25) is 10.0 Å². The van der Waals surface area contributed by atoms with Gasteiger partial charge < -0.3 is 5.32 Å². The Balaban J connectivity index is 1.59. The minimum Gasteiger partial charge on any atom is -0.326 e. The molecule has 0 aromatic heterocycles. The second kappa shape index (κ2) is 8.82. The summed E-state index contributed by atoms with van der Waals surface area (Å²) in [5.41, 5.74) is 2.16. The van der Waals surface area contributed by atoms with Crippen LogP contribution in [0.25, 0.3) is 0 Å². The second-order valence-electron chi connectivity index (χ2n) is 6.96. The van der Waals surface area contributed by atoms with E-state index in [0.717, 1.165) is 5.56 Å². The van der Waals surface area contributed by atoms with E-state index in [1.165, 1.54) is 4.31 Å². The summed E-state index contributed by atoms with van der Waals surface area (Å²) in [5, 5.41) is 4.02. The van der Waals surface area contributed by atoms with Gasteiger partial charge in [-0.05, 0) is 55.2 Å². The van der Waals surface area contributed by atoms with E-state index < -0.39 is 10.0 Å². The number of piperidine rings is 1. The van der Waals surface area contributed by atoms with Gasteiger partial charge in [0, 0.05) is 34.7 Å². The van der Waals surface area contributed by atoms with Crippen molar-refractivity contribution in [2.75, 3.05) is 18.4 Å². The molecular weight excluding hydrogens is 419 g/mol. The first kappa shape index (κ1) is 21.1. The lowest BCUT2D eigenvalue weighted by molar-refractivity contribution is -0.120. The highest BCUT2D eigenvalue weighted by molar-refractivity contribution is 7.88. The molecule has 2 aromatic rings. The molecule has 1 N–H and O–H groups in total. The number of amides is 1. The average Bonchev–Trinajstić information content (AvgIpc) is 2.65. The van der Waals surface area contributed by atoms with Gasteiger partial charge in [0.1, 0.15) is 0 Å². The summed E-state index contributed by atoms with van der Waals surface area (Å²) in [4.78, 5) is 12.6. The summed E-state index contributed by atoms with van der Waals surface area (Å²) in [5.74, 6) is -0.417. The maximum absolute atomic E-state index is 12.7. The quantitative estimate of drug-likeness (QED) is 0.744. The number of carbonyl (C=O) groups is 1. The Labute approximate surface area is 175 Å². The van der Waals surface area contributed by atoms with E-state index in [4.69, 9.17) is 23.2 Å². The number of hydrogen-bond acceptors (Lipinski definition) is 3. The number of carbonyl (C=O) groups excluding carboxylic acids is 1. The van der Waals surface area contributed by atoms with Crippen LogP contribution in [-0.4, -0.2) is 31.7 Å². The Hall–Kier alpha value is -1.60. The number of nitrogens with one attached hydrogen (secondary N) is 1. The summed E-state index contributed by atoms with van der Waals surface area (Å²) in [6, 6.07) is 12.2. The number of anilines is 1. The second-order valence-corrected chi connectivity index (χ2v) is 9.77. The molecular formula is C20H22Cl2N2O3S. The molecule has 3 rings (SSSR count). The third-order valence-corrected chi connectivity index (χ3v) is 7.48. The Morgan fingerprint density at radius 2 is 1.82 bits per heavy atom. The van der Waals surface area contributed by atoms with Gasteiger partial charge in [-0.2, -0.15) is 0 Å². The fourth-order valence-corrected chi connectivity index (χ4v) is 5.24. The molecule has 1 fully saturated rings. The van der Waals surface area contributed by atoms with E-state index in [1.807, 2.05) is 13.0 Å². The number of hydrogen-bond donors (Lipinski definition) is 1. The minimum atomic E-state index is -3.45. The predicted octanol–water partition coefficient (Wildman–Crippen LogP) is 4.48. The van der Waals surface area contributed by atoms with Crippen LogP contribution in [0.5, 0.6) is 0 Å². The smallest absolute Gasteiger partial charge is 0.227 e. The number of benzene rings is 2. The maximum Gasteiger partial charge on any atom is 0.227 e. The zero-order valence-electron chi connectivity index (χ0n) is 15.5. The molecule has 0 unspecified atom stereocenters. The molecule has 0 radical (unpaired) electrons. The van der Waals surface area contributed by atoms with Crippen LogP contribution in [0.3, 0.4) is 0 Å². The monoisotopic (exact) mass is 440 g/mol. The molecule has 1 aliphatic rings. The molecule has 5 nitrogen and oxygen atoms in total. The number of halogens is 2. The van der Waals surface area contributed by atoms with Crippen LogP contribution in [0.15, 0.2) is 42.5 Å². The molecule has 1 saturated heterocycles. The van der Waals surface area contributed by atoms with Crippen molar-refractivity contribution < 1.29 is 13.2 Å². The van der Waals surface area contributed by atoms with Crippen LogP contribution >= 0.6 is 23.2 Å². The first-order valence-corrected chi connectivity index (χ1v) is 11.4. The van der Waals surface area contributed by atoms with Gasteiger partial charge in [0.05, 0.1) is 5.75 Å². The maximum atomic E-state index is 12.7. The molecule has 28 heavy (non-hydrogen) atoms. The highest BCUT2D eigenvalue weighted by Gasteiger charge is 2.31. The number of nitrogens with zero attached hydrogens (tertiary/aromatic N) is 1. The van der Waals surface area contributed by atoms with E-state index in [9.17, 15) is 13.2 Å². The molecule has 1 amide bonds. The van der Waals surface area contributed by atoms with Crippen molar-refractivity contribution in [2.24, 2.45) is 5.92 Å². The molecule has 1 heterocycles. The fraction of sp³-hybridized carbons (Fsp3) is 0.350. The molecule has 0 saturated carbocycles. The average molecular weight is 441 g/mol. The Morgan fingerprint density at radius 1 is 1.14 bits per heavy atom. The van der Waals surface area contributed by atoms with Crippen LogP contribution < -0.4 is 5.32 Å². The zero-order chi connectivity index (χ0) is 20.3. The van der Waals surface area contributed by atoms with Gasteiger partial charge in [-0.1, -0.05) is 41.4 Å². The minimum absolute atomic E-state index is 0.0911. The van der Waals surface area contributed by atoms with Crippen molar-refractivity contribution >= 4 is 44.8 Å². The Bertz CT molecular complexity index is 971. The van der Waals surface area contributed by atoms with Gasteiger partial charge in [-0.25, -0.2) is 12.7 Å². The zero-order valence-corrected chi connectivity index (χ0v) is 17.8. The van der Waals surface area contributed by atoms with E-state index >= 15 is 0 Å². The number of sulfonamides is 1. The number of rotatable bonds is 5. The summed E-state index contributed by atoms with van der Waals surface area (Å²) in [6.45, 7) is 2.51. The fourth-order valence-electron chi connectivity index (χ4n) is 3.30. The lowest BCUT2D eigenvalue weighted by Gasteiger charge is -2.30. The molecule has 150 valence electrons. The molecule has 1 aliphatic heterocycles. The predicted molar refractivity (Wildman–Crippen MR) is 113 cm³/mol. The van der Waals surface area contributed by atoms with Crippen LogP contribution in [0, 0.1) is 12.8 Å². The standard InChI is InChI=1S/C20H22Cl2N2O3S/c1-14-18(22)6-3-7-19(14)23-20(25)16-8-10-24(11-9-16)28(26,27)13-15-4-2-5-17(21)12-15/h2-7,12,16H,8-11,13H2,1H3,(H,23,25). The summed E-state index contributed by atoms with van der Waals surface area (Å²) in [6.07, 6.45) is 0.973. The highest BCUT2D eigenvalue weighted by atomic mass is 35.5. The normalized spacial score (nSPS) is 16.1. The SMILES string of the molecule is Cc1c(Cl)cccc1NC(=O)C1CCN(S(=O)(=O)Cc2cccc(Cl)c2)CC1. The first-order valence-electron chi connectivity index (χ1n) is 9.04. The molecule has 0 bridgehead atoms. The summed E-state index contributed by atoms with van der Waals surface area (Å²) in [7, 11) is -3.45. The molecule has 0 atom stereocenters. The molecule has 0 spiro atoms. The van der Waals surface area contributed by atoms with Crippen LogP contribution in [0.4, 0.5) is 5.69 Å². The lowest BCUT2D eigenvalue weighted by Crippen LogP contribution is -2.41. The van der Waals surface area contributed by atoms with Crippen molar-refractivity contribution in [3.05, 3.63) is 63.6 Å². The lowest BCUT2D eigenvalue weighted by atomic mass is 9.97. The van der Waals surface area contributed by atoms with Gasteiger partial charge in [0.25, 0.3) is 0 Å². The summed E-state index contributed by atoms with van der Waals surface area (Å²) >= 11 is 12.0. The highest BCUT2D eigenvalue weighted by Crippen LogP contribution is 2.26. The van der Waals surface area contributed by atoms with Crippen molar-refractivity contribution in [3.8, 4) is 0 Å². The van der Waals surface area contributed by atoms with E-state index in [-0.39, 0.29) is 17.6 Å². The van der Waals surface area contributed by atoms with Gasteiger partial charge in [-0.15, -0.1) is 0 Å².